The molecule has 8 heteroatoms. The fourth-order valence-electron chi connectivity index (χ4n) is 1.19. The van der Waals surface area contributed by atoms with Crippen LogP contribution in [0.3, 0.4) is 0 Å². The number of nitrogens with two attached hydrogens (primary N) is 1. The molecule has 0 aliphatic carbocycles. The number of hydrogen-bond donors (Lipinski definition) is 2. The number of rotatable bonds is 5. The zero-order chi connectivity index (χ0) is 13.8. The van der Waals surface area contributed by atoms with Gasteiger partial charge in [0.25, 0.3) is 11.6 Å². The highest BCUT2D eigenvalue weighted by molar-refractivity contribution is 5.61. The number of nitro groups is 1. The van der Waals surface area contributed by atoms with Gasteiger partial charge in [0.15, 0.2) is 0 Å². The van der Waals surface area contributed by atoms with Crippen LogP contribution in [0.4, 0.5) is 20.2 Å². The topological polar surface area (TPSA) is 105 Å². The number of nitro benzene ring substituents is 1. The van der Waals surface area contributed by atoms with Crippen LogP contribution in [0.2, 0.25) is 0 Å². The Morgan fingerprint density at radius 1 is 1.56 bits per heavy atom. The Morgan fingerprint density at radius 3 is 2.72 bits per heavy atom. The van der Waals surface area contributed by atoms with Gasteiger partial charge < -0.3 is 11.1 Å². The first kappa shape index (κ1) is 13.8. The van der Waals surface area contributed by atoms with E-state index in [0.29, 0.717) is 0 Å². The minimum absolute atomic E-state index is 0.0722. The number of anilines is 1. The van der Waals surface area contributed by atoms with Crippen LogP contribution in [-0.2, 0) is 0 Å². The molecule has 6 nitrogen and oxygen atoms in total. The molecule has 18 heavy (non-hydrogen) atoms. The Morgan fingerprint density at radius 2 is 2.22 bits per heavy atom. The Labute approximate surface area is 101 Å². The minimum Gasteiger partial charge on any atom is -0.378 e. The summed E-state index contributed by atoms with van der Waals surface area (Å²) < 4.78 is 25.8. The highest BCUT2D eigenvalue weighted by Crippen LogP contribution is 2.22. The average molecular weight is 256 g/mol. The van der Waals surface area contributed by atoms with Gasteiger partial charge in [0, 0.05) is 12.1 Å². The first-order valence-electron chi connectivity index (χ1n) is 4.90. The predicted molar refractivity (Wildman–Crippen MR) is 60.3 cm³/mol. The van der Waals surface area contributed by atoms with Gasteiger partial charge in [0.2, 0.25) is 0 Å². The lowest BCUT2D eigenvalue weighted by Crippen LogP contribution is -2.35. The fraction of sp³-hybridized carbons (Fsp3) is 0.300. The van der Waals surface area contributed by atoms with Crippen LogP contribution in [0.5, 0.6) is 0 Å². The second kappa shape index (κ2) is 5.37. The summed E-state index contributed by atoms with van der Waals surface area (Å²) in [6, 6.07) is 5.06. The van der Waals surface area contributed by atoms with Gasteiger partial charge in [-0.25, -0.2) is 8.78 Å². The molecular weight excluding hydrogens is 246 g/mol. The van der Waals surface area contributed by atoms with Crippen molar-refractivity contribution in [3.63, 3.8) is 0 Å². The molecule has 0 unspecified atom stereocenters. The van der Waals surface area contributed by atoms with E-state index in [9.17, 15) is 18.9 Å². The molecule has 0 bridgehead atoms. The SMILES string of the molecule is N#Cc1cc([N+](=O)[O-])ccc1NCC(F)(F)CN. The van der Waals surface area contributed by atoms with Crippen molar-refractivity contribution in [1.29, 1.82) is 5.26 Å². The Hall–Kier alpha value is -2.27. The van der Waals surface area contributed by atoms with Gasteiger partial charge in [-0.15, -0.1) is 0 Å². The van der Waals surface area contributed by atoms with E-state index in [1.165, 1.54) is 6.07 Å². The van der Waals surface area contributed by atoms with E-state index in [4.69, 9.17) is 11.0 Å². The number of halogens is 2. The molecule has 0 fully saturated rings. The molecule has 0 aliphatic heterocycles. The lowest BCUT2D eigenvalue weighted by molar-refractivity contribution is -0.384. The highest BCUT2D eigenvalue weighted by atomic mass is 19.3. The van der Waals surface area contributed by atoms with E-state index in [2.05, 4.69) is 5.32 Å². The third kappa shape index (κ3) is 3.36. The van der Waals surface area contributed by atoms with Crippen molar-refractivity contribution in [3.05, 3.63) is 33.9 Å². The third-order valence-electron chi connectivity index (χ3n) is 2.17. The normalized spacial score (nSPS) is 10.8. The number of hydrogen-bond acceptors (Lipinski definition) is 5. The number of nitrogens with zero attached hydrogens (tertiary/aromatic N) is 2. The van der Waals surface area contributed by atoms with E-state index < -0.39 is 23.9 Å². The van der Waals surface area contributed by atoms with Crippen molar-refractivity contribution in [2.24, 2.45) is 5.73 Å². The van der Waals surface area contributed by atoms with E-state index in [0.717, 1.165) is 12.1 Å². The summed E-state index contributed by atoms with van der Waals surface area (Å²) in [7, 11) is 0. The average Bonchev–Trinajstić information content (AvgIpc) is 2.36. The molecule has 1 aromatic rings. The summed E-state index contributed by atoms with van der Waals surface area (Å²) >= 11 is 0. The minimum atomic E-state index is -3.10. The number of benzene rings is 1. The van der Waals surface area contributed by atoms with Gasteiger partial charge in [0.05, 0.1) is 29.3 Å². The molecule has 0 amide bonds. The van der Waals surface area contributed by atoms with Gasteiger partial charge in [-0.2, -0.15) is 5.26 Å². The monoisotopic (exact) mass is 256 g/mol. The molecule has 0 saturated carbocycles. The second-order valence-electron chi connectivity index (χ2n) is 3.51. The van der Waals surface area contributed by atoms with Crippen molar-refractivity contribution in [1.82, 2.24) is 0 Å². The summed E-state index contributed by atoms with van der Waals surface area (Å²) in [5, 5.41) is 21.6. The Balaban J connectivity index is 2.91. The largest absolute Gasteiger partial charge is 0.378 e. The lowest BCUT2D eigenvalue weighted by atomic mass is 10.1. The van der Waals surface area contributed by atoms with Crippen molar-refractivity contribution in [3.8, 4) is 6.07 Å². The van der Waals surface area contributed by atoms with Gasteiger partial charge in [-0.3, -0.25) is 10.1 Å². The Kier molecular flexibility index (Phi) is 4.12. The van der Waals surface area contributed by atoms with E-state index in [1.807, 2.05) is 0 Å². The molecule has 0 aliphatic rings. The molecule has 1 aromatic carbocycles. The van der Waals surface area contributed by atoms with Crippen molar-refractivity contribution in [2.45, 2.75) is 5.92 Å². The highest BCUT2D eigenvalue weighted by Gasteiger charge is 2.26. The first-order valence-corrected chi connectivity index (χ1v) is 4.90. The second-order valence-corrected chi connectivity index (χ2v) is 3.51. The summed E-state index contributed by atoms with van der Waals surface area (Å²) in [5.74, 6) is -3.10. The molecule has 1 rings (SSSR count). The summed E-state index contributed by atoms with van der Waals surface area (Å²) in [6.45, 7) is -1.56. The van der Waals surface area contributed by atoms with Crippen LogP contribution in [-0.4, -0.2) is 23.9 Å². The van der Waals surface area contributed by atoms with Crippen molar-refractivity contribution >= 4 is 11.4 Å². The van der Waals surface area contributed by atoms with Crippen LogP contribution in [0.25, 0.3) is 0 Å². The van der Waals surface area contributed by atoms with Gasteiger partial charge in [0.1, 0.15) is 6.07 Å². The quantitative estimate of drug-likeness (QED) is 0.613. The van der Waals surface area contributed by atoms with Gasteiger partial charge >= 0.3 is 0 Å². The molecule has 0 heterocycles. The van der Waals surface area contributed by atoms with Crippen LogP contribution >= 0.6 is 0 Å². The predicted octanol–water partition coefficient (Wildman–Crippen LogP) is 1.47. The smallest absolute Gasteiger partial charge is 0.276 e. The molecule has 0 radical (unpaired) electrons. The van der Waals surface area contributed by atoms with E-state index in [1.54, 1.807) is 6.07 Å². The van der Waals surface area contributed by atoms with E-state index >= 15 is 0 Å². The maximum Gasteiger partial charge on any atom is 0.276 e. The summed E-state index contributed by atoms with van der Waals surface area (Å²) in [6.07, 6.45) is 0. The van der Waals surface area contributed by atoms with Crippen LogP contribution in [0.15, 0.2) is 18.2 Å². The molecule has 0 saturated heterocycles. The first-order chi connectivity index (χ1) is 8.39. The van der Waals surface area contributed by atoms with Crippen LogP contribution in [0, 0.1) is 21.4 Å². The summed E-state index contributed by atoms with van der Waals surface area (Å²) in [4.78, 5) is 9.82. The molecular formula is C10H10F2N4O2. The zero-order valence-electron chi connectivity index (χ0n) is 9.19. The van der Waals surface area contributed by atoms with Crippen molar-refractivity contribution < 1.29 is 13.7 Å². The van der Waals surface area contributed by atoms with Crippen LogP contribution in [0.1, 0.15) is 5.56 Å². The van der Waals surface area contributed by atoms with Crippen molar-refractivity contribution in [2.75, 3.05) is 18.4 Å². The van der Waals surface area contributed by atoms with Gasteiger partial charge in [-0.05, 0) is 6.07 Å². The third-order valence-corrected chi connectivity index (χ3v) is 2.17. The standard InChI is InChI=1S/C10H10F2N4O2/c11-10(12,5-14)6-15-9-2-1-8(16(17)18)3-7(9)4-13/h1-3,15H,5-6,14H2. The lowest BCUT2D eigenvalue weighted by Gasteiger charge is -2.15. The molecule has 0 atom stereocenters. The molecule has 3 N–H and O–H groups in total. The van der Waals surface area contributed by atoms with Crippen LogP contribution < -0.4 is 11.1 Å². The number of alkyl halides is 2. The maximum atomic E-state index is 12.9. The fourth-order valence-corrected chi connectivity index (χ4v) is 1.19. The maximum absolute atomic E-state index is 12.9. The molecule has 0 aromatic heterocycles. The zero-order valence-corrected chi connectivity index (χ0v) is 9.19. The molecule has 0 spiro atoms. The Bertz CT molecular complexity index is 499. The molecule has 96 valence electrons. The number of non-ortho nitro benzene ring substituents is 1. The summed E-state index contributed by atoms with van der Waals surface area (Å²) in [5.41, 5.74) is 4.62. The number of nitriles is 1. The number of nitrogens with one attached hydrogen (secondary N) is 1. The van der Waals surface area contributed by atoms with Gasteiger partial charge in [-0.1, -0.05) is 0 Å². The van der Waals surface area contributed by atoms with E-state index in [-0.39, 0.29) is 16.9 Å².